The fourth-order valence-corrected chi connectivity index (χ4v) is 6.23. The van der Waals surface area contributed by atoms with Crippen LogP contribution >= 0.6 is 11.8 Å². The van der Waals surface area contributed by atoms with Crippen LogP contribution in [0.1, 0.15) is 39.7 Å². The Morgan fingerprint density at radius 3 is 2.12 bits per heavy atom. The first kappa shape index (κ1) is 33.9. The number of hydrogen-bond acceptors (Lipinski definition) is 6. The van der Waals surface area contributed by atoms with Crippen molar-refractivity contribution in [3.63, 3.8) is 0 Å². The van der Waals surface area contributed by atoms with Crippen LogP contribution in [0.25, 0.3) is 0 Å². The highest BCUT2D eigenvalue weighted by molar-refractivity contribution is 7.98. The number of ether oxygens (including phenoxy) is 1. The molecular weight excluding hydrogens is 590 g/mol. The summed E-state index contributed by atoms with van der Waals surface area (Å²) in [6.45, 7) is 7.87. The third-order valence-electron chi connectivity index (χ3n) is 6.70. The van der Waals surface area contributed by atoms with Crippen LogP contribution in [-0.4, -0.2) is 57.1 Å². The molecule has 0 saturated carbocycles. The van der Waals surface area contributed by atoms with E-state index in [1.165, 1.54) is 40.9 Å². The Labute approximate surface area is 258 Å². The molecule has 0 fully saturated rings. The largest absolute Gasteiger partial charge is 0.494 e. The Kier molecular flexibility index (Phi) is 12.4. The van der Waals surface area contributed by atoms with E-state index in [4.69, 9.17) is 4.74 Å². The lowest BCUT2D eigenvalue weighted by molar-refractivity contribution is -0.140. The summed E-state index contributed by atoms with van der Waals surface area (Å²) < 4.78 is 48.3. The van der Waals surface area contributed by atoms with Crippen LogP contribution in [0.15, 0.2) is 82.6 Å². The number of carbonyl (C=O) groups is 2. The van der Waals surface area contributed by atoms with Crippen LogP contribution < -0.4 is 14.4 Å². The standard InChI is InChI=1S/C32H40FN3O5S2/c1-6-30(32(38)34-20-23(3)4)35(21-24-8-10-25(33)11-9-24)31(37)22-36(26-12-14-27(15-13-26)41-7-2)43(39,40)29-18-16-28(42-5)17-19-29/h8-19,23,30H,6-7,20-22H2,1-5H3,(H,34,38)/t30-/m0/s1. The zero-order valence-electron chi connectivity index (χ0n) is 25.2. The summed E-state index contributed by atoms with van der Waals surface area (Å²) >= 11 is 1.48. The summed E-state index contributed by atoms with van der Waals surface area (Å²) in [6.07, 6.45) is 2.19. The second-order valence-electron chi connectivity index (χ2n) is 10.3. The zero-order valence-corrected chi connectivity index (χ0v) is 26.9. The molecule has 0 unspecified atom stereocenters. The maximum absolute atomic E-state index is 14.1. The lowest BCUT2D eigenvalue weighted by atomic mass is 10.1. The van der Waals surface area contributed by atoms with Gasteiger partial charge in [-0.1, -0.05) is 32.9 Å². The third kappa shape index (κ3) is 9.21. The van der Waals surface area contributed by atoms with E-state index < -0.39 is 34.3 Å². The molecule has 1 N–H and O–H groups in total. The normalized spacial score (nSPS) is 12.1. The molecule has 0 radical (unpaired) electrons. The van der Waals surface area contributed by atoms with Gasteiger partial charge in [-0.2, -0.15) is 0 Å². The summed E-state index contributed by atoms with van der Waals surface area (Å²) in [5, 5.41) is 2.89. The Bertz CT molecular complexity index is 1450. The number of sulfonamides is 1. The molecule has 3 aromatic rings. The van der Waals surface area contributed by atoms with Crippen molar-refractivity contribution in [2.75, 3.05) is 30.3 Å². The van der Waals surface area contributed by atoms with E-state index in [0.29, 0.717) is 30.9 Å². The highest BCUT2D eigenvalue weighted by Crippen LogP contribution is 2.28. The molecule has 0 aliphatic heterocycles. The van der Waals surface area contributed by atoms with Gasteiger partial charge in [0.1, 0.15) is 24.2 Å². The van der Waals surface area contributed by atoms with Crippen molar-refractivity contribution in [2.24, 2.45) is 5.92 Å². The van der Waals surface area contributed by atoms with Gasteiger partial charge in [-0.25, -0.2) is 12.8 Å². The number of nitrogens with one attached hydrogen (secondary N) is 1. The Hall–Kier alpha value is -3.57. The molecule has 0 heterocycles. The van der Waals surface area contributed by atoms with E-state index in [-0.39, 0.29) is 29.0 Å². The summed E-state index contributed by atoms with van der Waals surface area (Å²) in [5.74, 6) is -0.585. The van der Waals surface area contributed by atoms with E-state index in [1.807, 2.05) is 27.0 Å². The molecule has 0 aliphatic carbocycles. The first-order valence-electron chi connectivity index (χ1n) is 14.2. The second-order valence-corrected chi connectivity index (χ2v) is 13.1. The molecule has 11 heteroatoms. The molecule has 0 aromatic heterocycles. The number of amides is 2. The fourth-order valence-electron chi connectivity index (χ4n) is 4.41. The minimum absolute atomic E-state index is 0.00763. The molecule has 0 aliphatic rings. The van der Waals surface area contributed by atoms with E-state index in [9.17, 15) is 22.4 Å². The Morgan fingerprint density at radius 2 is 1.58 bits per heavy atom. The number of halogens is 1. The molecule has 232 valence electrons. The Morgan fingerprint density at radius 1 is 0.953 bits per heavy atom. The highest BCUT2D eigenvalue weighted by atomic mass is 32.2. The number of rotatable bonds is 15. The van der Waals surface area contributed by atoms with E-state index in [0.717, 1.165) is 9.20 Å². The average Bonchev–Trinajstić information content (AvgIpc) is 3.00. The molecule has 1 atom stereocenters. The molecular formula is C32H40FN3O5S2. The Balaban J connectivity index is 2.05. The van der Waals surface area contributed by atoms with Gasteiger partial charge in [0.2, 0.25) is 11.8 Å². The molecule has 0 saturated heterocycles. The fraction of sp³-hybridized carbons (Fsp3) is 0.375. The monoisotopic (exact) mass is 629 g/mol. The first-order valence-corrected chi connectivity index (χ1v) is 16.9. The lowest BCUT2D eigenvalue weighted by Gasteiger charge is -2.33. The quantitative estimate of drug-likeness (QED) is 0.216. The predicted molar refractivity (Wildman–Crippen MR) is 169 cm³/mol. The predicted octanol–water partition coefficient (Wildman–Crippen LogP) is 5.72. The van der Waals surface area contributed by atoms with Crippen molar-refractivity contribution in [3.8, 4) is 5.75 Å². The smallest absolute Gasteiger partial charge is 0.264 e. The summed E-state index contributed by atoms with van der Waals surface area (Å²) in [4.78, 5) is 29.7. The number of hydrogen-bond donors (Lipinski definition) is 1. The number of anilines is 1. The number of carbonyl (C=O) groups excluding carboxylic acids is 2. The molecule has 3 rings (SSSR count). The van der Waals surface area contributed by atoms with Crippen molar-refractivity contribution in [1.29, 1.82) is 0 Å². The van der Waals surface area contributed by atoms with Crippen molar-refractivity contribution in [1.82, 2.24) is 10.2 Å². The van der Waals surface area contributed by atoms with Crippen molar-refractivity contribution in [3.05, 3.63) is 84.2 Å². The van der Waals surface area contributed by atoms with Gasteiger partial charge in [-0.15, -0.1) is 11.8 Å². The third-order valence-corrected chi connectivity index (χ3v) is 9.23. The highest BCUT2D eigenvalue weighted by Gasteiger charge is 2.33. The molecule has 43 heavy (non-hydrogen) atoms. The van der Waals surface area contributed by atoms with Crippen molar-refractivity contribution < 1.29 is 27.1 Å². The van der Waals surface area contributed by atoms with Gasteiger partial charge in [-0.05, 0) is 91.7 Å². The van der Waals surface area contributed by atoms with E-state index in [1.54, 1.807) is 55.5 Å². The minimum atomic E-state index is -4.20. The number of benzene rings is 3. The van der Waals surface area contributed by atoms with Gasteiger partial charge in [0, 0.05) is 18.0 Å². The summed E-state index contributed by atoms with van der Waals surface area (Å²) in [7, 11) is -4.20. The van der Waals surface area contributed by atoms with Gasteiger partial charge in [0.15, 0.2) is 0 Å². The van der Waals surface area contributed by atoms with Crippen molar-refractivity contribution in [2.45, 2.75) is 56.5 Å². The van der Waals surface area contributed by atoms with E-state index in [2.05, 4.69) is 5.32 Å². The van der Waals surface area contributed by atoms with E-state index >= 15 is 0 Å². The second kappa shape index (κ2) is 15.8. The van der Waals surface area contributed by atoms with Crippen LogP contribution in [0.2, 0.25) is 0 Å². The first-order chi connectivity index (χ1) is 20.5. The zero-order chi connectivity index (χ0) is 31.6. The number of thioether (sulfide) groups is 1. The van der Waals surface area contributed by atoms with Gasteiger partial charge in [0.25, 0.3) is 10.0 Å². The van der Waals surface area contributed by atoms with Gasteiger partial charge in [0.05, 0.1) is 17.2 Å². The van der Waals surface area contributed by atoms with Gasteiger partial charge < -0.3 is 15.0 Å². The van der Waals surface area contributed by atoms with Crippen LogP contribution in [0.3, 0.4) is 0 Å². The molecule has 2 amide bonds. The SMILES string of the molecule is CCOc1ccc(N(CC(=O)N(Cc2ccc(F)cc2)[C@@H](CC)C(=O)NCC(C)C)S(=O)(=O)c2ccc(SC)cc2)cc1. The maximum atomic E-state index is 14.1. The summed E-state index contributed by atoms with van der Waals surface area (Å²) in [6, 6.07) is 17.7. The molecule has 0 bridgehead atoms. The molecule has 3 aromatic carbocycles. The topological polar surface area (TPSA) is 96.0 Å². The summed E-state index contributed by atoms with van der Waals surface area (Å²) in [5.41, 5.74) is 0.873. The number of nitrogens with zero attached hydrogens (tertiary/aromatic N) is 2. The maximum Gasteiger partial charge on any atom is 0.264 e. The van der Waals surface area contributed by atoms with Crippen LogP contribution in [-0.2, 0) is 26.2 Å². The van der Waals surface area contributed by atoms with Gasteiger partial charge in [-0.3, -0.25) is 13.9 Å². The molecule has 0 spiro atoms. The van der Waals surface area contributed by atoms with Crippen LogP contribution in [0, 0.1) is 11.7 Å². The molecule has 8 nitrogen and oxygen atoms in total. The van der Waals surface area contributed by atoms with Crippen LogP contribution in [0.4, 0.5) is 10.1 Å². The average molecular weight is 630 g/mol. The lowest BCUT2D eigenvalue weighted by Crippen LogP contribution is -2.52. The minimum Gasteiger partial charge on any atom is -0.494 e. The van der Waals surface area contributed by atoms with Crippen LogP contribution in [0.5, 0.6) is 5.75 Å². The van der Waals surface area contributed by atoms with Gasteiger partial charge >= 0.3 is 0 Å². The van der Waals surface area contributed by atoms with Crippen molar-refractivity contribution >= 4 is 39.3 Å².